The van der Waals surface area contributed by atoms with Gasteiger partial charge in [0.05, 0.1) is 5.60 Å². The van der Waals surface area contributed by atoms with Crippen LogP contribution in [0.4, 0.5) is 0 Å². The Morgan fingerprint density at radius 1 is 0.875 bits per heavy atom. The predicted octanol–water partition coefficient (Wildman–Crippen LogP) is 4.08. The van der Waals surface area contributed by atoms with Gasteiger partial charge in [0, 0.05) is 12.5 Å². The minimum Gasteiger partial charge on any atom is -0.389 e. The monoisotopic (exact) mass is 335 g/mol. The van der Waals surface area contributed by atoms with E-state index >= 15 is 0 Å². The fourth-order valence-corrected chi connectivity index (χ4v) is 5.51. The van der Waals surface area contributed by atoms with E-state index in [9.17, 15) is 9.90 Å². The minimum absolute atomic E-state index is 0.354. The Morgan fingerprint density at radius 2 is 1.46 bits per heavy atom. The first-order chi connectivity index (χ1) is 11.7. The van der Waals surface area contributed by atoms with Gasteiger partial charge in [-0.1, -0.05) is 19.3 Å². The second-order valence-corrected chi connectivity index (χ2v) is 9.01. The van der Waals surface area contributed by atoms with Crippen LogP contribution >= 0.6 is 0 Å². The lowest BCUT2D eigenvalue weighted by Crippen LogP contribution is -2.43. The Hall–Kier alpha value is -0.410. The van der Waals surface area contributed by atoms with E-state index in [1.54, 1.807) is 0 Å². The predicted molar refractivity (Wildman–Crippen MR) is 97.9 cm³/mol. The molecule has 0 aliphatic heterocycles. The van der Waals surface area contributed by atoms with Gasteiger partial charge in [0.15, 0.2) is 0 Å². The van der Waals surface area contributed by atoms with Crippen molar-refractivity contribution >= 4 is 6.29 Å². The van der Waals surface area contributed by atoms with Crippen LogP contribution in [0.3, 0.4) is 0 Å². The average molecular weight is 336 g/mol. The third kappa shape index (κ3) is 5.05. The summed E-state index contributed by atoms with van der Waals surface area (Å²) in [5.74, 6) is 2.96. The molecule has 2 N–H and O–H groups in total. The molecule has 0 aromatic carbocycles. The van der Waals surface area contributed by atoms with Gasteiger partial charge in [-0.15, -0.1) is 0 Å². The average Bonchev–Trinajstić information content (AvgIpc) is 2.63. The van der Waals surface area contributed by atoms with Gasteiger partial charge in [-0.3, -0.25) is 0 Å². The second-order valence-electron chi connectivity index (χ2n) is 9.01. The molecule has 3 fully saturated rings. The topological polar surface area (TPSA) is 49.3 Å². The van der Waals surface area contributed by atoms with E-state index in [-0.39, 0.29) is 0 Å². The lowest BCUT2D eigenvalue weighted by Gasteiger charge is -2.37. The van der Waals surface area contributed by atoms with E-state index in [1.165, 1.54) is 64.1 Å². The number of carbonyl (C=O) groups is 1. The highest BCUT2D eigenvalue weighted by atomic mass is 16.3. The highest BCUT2D eigenvalue weighted by Gasteiger charge is 2.32. The van der Waals surface area contributed by atoms with Crippen molar-refractivity contribution < 1.29 is 9.90 Å². The molecule has 0 heterocycles. The lowest BCUT2D eigenvalue weighted by molar-refractivity contribution is -0.112. The molecule has 3 nitrogen and oxygen atoms in total. The zero-order chi connectivity index (χ0) is 16.8. The third-order valence-electron chi connectivity index (χ3n) is 7.24. The van der Waals surface area contributed by atoms with Crippen LogP contribution in [-0.4, -0.2) is 30.1 Å². The molecule has 138 valence electrons. The van der Waals surface area contributed by atoms with Gasteiger partial charge in [-0.25, -0.2) is 0 Å². The normalized spacial score (nSPS) is 37.0. The van der Waals surface area contributed by atoms with E-state index in [0.717, 1.165) is 56.5 Å². The molecule has 0 spiro atoms. The minimum atomic E-state index is -0.424. The van der Waals surface area contributed by atoms with Gasteiger partial charge in [0.1, 0.15) is 6.29 Å². The highest BCUT2D eigenvalue weighted by molar-refractivity contribution is 5.53. The molecule has 0 atom stereocenters. The first-order valence-corrected chi connectivity index (χ1v) is 10.6. The van der Waals surface area contributed by atoms with E-state index in [1.807, 2.05) is 0 Å². The molecule has 3 heteroatoms. The Morgan fingerprint density at radius 3 is 2.04 bits per heavy atom. The number of carbonyl (C=O) groups excluding carboxylic acids is 1. The van der Waals surface area contributed by atoms with Crippen molar-refractivity contribution in [2.75, 3.05) is 13.1 Å². The molecule has 3 aliphatic carbocycles. The van der Waals surface area contributed by atoms with Crippen LogP contribution in [0.2, 0.25) is 0 Å². The fraction of sp³-hybridized carbons (Fsp3) is 0.952. The Kier molecular flexibility index (Phi) is 6.74. The fourth-order valence-electron chi connectivity index (χ4n) is 5.51. The summed E-state index contributed by atoms with van der Waals surface area (Å²) in [6.45, 7) is 1.88. The molecule has 3 saturated carbocycles. The van der Waals surface area contributed by atoms with E-state index in [2.05, 4.69) is 5.32 Å². The van der Waals surface area contributed by atoms with Gasteiger partial charge in [0.2, 0.25) is 0 Å². The number of hydrogen-bond donors (Lipinski definition) is 2. The summed E-state index contributed by atoms with van der Waals surface area (Å²) in [5, 5.41) is 14.2. The Balaban J connectivity index is 1.31. The number of aliphatic hydroxyl groups is 1. The maximum absolute atomic E-state index is 10.9. The number of nitrogens with one attached hydrogen (secondary N) is 1. The van der Waals surface area contributed by atoms with Crippen LogP contribution in [0.5, 0.6) is 0 Å². The first-order valence-electron chi connectivity index (χ1n) is 10.6. The van der Waals surface area contributed by atoms with Crippen LogP contribution < -0.4 is 5.32 Å². The number of hydrogen-bond acceptors (Lipinski definition) is 3. The second kappa shape index (κ2) is 8.80. The summed E-state index contributed by atoms with van der Waals surface area (Å²) in [6.07, 6.45) is 17.1. The lowest BCUT2D eigenvalue weighted by atomic mass is 9.69. The van der Waals surface area contributed by atoms with E-state index < -0.39 is 5.60 Å². The molecule has 24 heavy (non-hydrogen) atoms. The van der Waals surface area contributed by atoms with Gasteiger partial charge in [0.25, 0.3) is 0 Å². The van der Waals surface area contributed by atoms with Gasteiger partial charge in [-0.2, -0.15) is 0 Å². The van der Waals surface area contributed by atoms with Crippen LogP contribution in [0, 0.1) is 23.7 Å². The van der Waals surface area contributed by atoms with Crippen molar-refractivity contribution in [2.24, 2.45) is 23.7 Å². The molecule has 0 amide bonds. The van der Waals surface area contributed by atoms with Crippen LogP contribution in [-0.2, 0) is 4.79 Å². The summed E-state index contributed by atoms with van der Waals surface area (Å²) < 4.78 is 0. The van der Waals surface area contributed by atoms with Crippen LogP contribution in [0.25, 0.3) is 0 Å². The molecule has 3 rings (SSSR count). The quantitative estimate of drug-likeness (QED) is 0.719. The highest BCUT2D eigenvalue weighted by Crippen LogP contribution is 2.40. The summed E-state index contributed by atoms with van der Waals surface area (Å²) in [4.78, 5) is 10.9. The van der Waals surface area contributed by atoms with E-state index in [0.29, 0.717) is 5.92 Å². The zero-order valence-electron chi connectivity index (χ0n) is 15.3. The third-order valence-corrected chi connectivity index (χ3v) is 7.24. The number of rotatable bonds is 6. The van der Waals surface area contributed by atoms with Gasteiger partial charge >= 0.3 is 0 Å². The van der Waals surface area contributed by atoms with Gasteiger partial charge < -0.3 is 15.2 Å². The maximum Gasteiger partial charge on any atom is 0.123 e. The molecular formula is C21H37NO2. The molecular weight excluding hydrogens is 298 g/mol. The molecule has 0 radical (unpaired) electrons. The summed E-state index contributed by atoms with van der Waals surface area (Å²) >= 11 is 0. The summed E-state index contributed by atoms with van der Waals surface area (Å²) in [5.41, 5.74) is -0.424. The summed E-state index contributed by atoms with van der Waals surface area (Å²) in [6, 6.07) is 0. The molecule has 3 aliphatic rings. The van der Waals surface area contributed by atoms with Crippen molar-refractivity contribution in [1.29, 1.82) is 0 Å². The van der Waals surface area contributed by atoms with Crippen molar-refractivity contribution in [3.63, 3.8) is 0 Å². The van der Waals surface area contributed by atoms with Crippen molar-refractivity contribution in [2.45, 2.75) is 89.1 Å². The molecule has 0 unspecified atom stereocenters. The van der Waals surface area contributed by atoms with Crippen LogP contribution in [0.1, 0.15) is 83.5 Å². The smallest absolute Gasteiger partial charge is 0.123 e. The summed E-state index contributed by atoms with van der Waals surface area (Å²) in [7, 11) is 0. The molecule has 0 aromatic rings. The zero-order valence-corrected chi connectivity index (χ0v) is 15.3. The van der Waals surface area contributed by atoms with Gasteiger partial charge in [-0.05, 0) is 88.5 Å². The largest absolute Gasteiger partial charge is 0.389 e. The van der Waals surface area contributed by atoms with Crippen molar-refractivity contribution in [3.05, 3.63) is 0 Å². The SMILES string of the molecule is O=CC1CCC(C2CCC(CNCC3(O)CCCCC3)CC2)CC1. The molecule has 0 aromatic heterocycles. The van der Waals surface area contributed by atoms with Crippen molar-refractivity contribution in [1.82, 2.24) is 5.32 Å². The molecule has 0 saturated heterocycles. The van der Waals surface area contributed by atoms with Crippen LogP contribution in [0.15, 0.2) is 0 Å². The Labute approximate surface area is 148 Å². The molecule has 0 bridgehead atoms. The van der Waals surface area contributed by atoms with E-state index in [4.69, 9.17) is 0 Å². The first kappa shape index (κ1) is 18.4. The van der Waals surface area contributed by atoms with Crippen molar-refractivity contribution in [3.8, 4) is 0 Å². The number of aldehydes is 1. The maximum atomic E-state index is 10.9. The standard InChI is InChI=1S/C21H37NO2/c23-15-18-6-10-20(11-7-18)19-8-4-17(5-9-19)14-22-16-21(24)12-2-1-3-13-21/h15,17-20,22,24H,1-14,16H2. The Bertz CT molecular complexity index is 375.